The van der Waals surface area contributed by atoms with Crippen molar-refractivity contribution in [3.05, 3.63) is 30.2 Å². The predicted molar refractivity (Wildman–Crippen MR) is 84.0 cm³/mol. The average Bonchev–Trinajstić information content (AvgIpc) is 3.24. The second-order valence-corrected chi connectivity index (χ2v) is 5.71. The van der Waals surface area contributed by atoms with E-state index in [1.165, 1.54) is 10.8 Å². The highest BCUT2D eigenvalue weighted by atomic mass is 16.3. The molecule has 4 heterocycles. The molecule has 4 rings (SSSR count). The van der Waals surface area contributed by atoms with Gasteiger partial charge in [-0.2, -0.15) is 4.52 Å². The zero-order valence-electron chi connectivity index (χ0n) is 12.8. The molecular weight excluding hydrogens is 312 g/mol. The number of aliphatic hydroxyl groups is 1. The molecule has 0 aliphatic carbocycles. The van der Waals surface area contributed by atoms with E-state index in [0.717, 1.165) is 0 Å². The molecule has 9 heteroatoms. The summed E-state index contributed by atoms with van der Waals surface area (Å²) in [6, 6.07) is 5.04. The Hall–Kier alpha value is -2.94. The van der Waals surface area contributed by atoms with E-state index in [-0.39, 0.29) is 23.7 Å². The Morgan fingerprint density at radius 3 is 2.83 bits per heavy atom. The molecule has 1 fully saturated rings. The van der Waals surface area contributed by atoms with Gasteiger partial charge in [0.15, 0.2) is 11.4 Å². The minimum Gasteiger partial charge on any atom is -0.461 e. The third kappa shape index (κ3) is 2.48. The predicted octanol–water partition coefficient (Wildman–Crippen LogP) is 0.563. The van der Waals surface area contributed by atoms with E-state index in [4.69, 9.17) is 10.2 Å². The Kier molecular flexibility index (Phi) is 3.42. The normalized spacial score (nSPS) is 16.0. The van der Waals surface area contributed by atoms with Gasteiger partial charge in [0.05, 0.1) is 12.4 Å². The largest absolute Gasteiger partial charge is 0.461 e. The molecule has 1 amide bonds. The maximum absolute atomic E-state index is 12.6. The van der Waals surface area contributed by atoms with Crippen LogP contribution in [0.4, 0.5) is 5.95 Å². The van der Waals surface area contributed by atoms with E-state index in [1.54, 1.807) is 23.1 Å². The van der Waals surface area contributed by atoms with E-state index in [1.807, 2.05) is 0 Å². The molecule has 3 aromatic heterocycles. The lowest BCUT2D eigenvalue weighted by atomic mass is 10.1. The molecule has 0 atom stereocenters. The van der Waals surface area contributed by atoms with Crippen LogP contribution in [0.2, 0.25) is 0 Å². The maximum atomic E-state index is 12.6. The number of nitrogens with zero attached hydrogens (tertiary/aromatic N) is 5. The van der Waals surface area contributed by atoms with Gasteiger partial charge in [-0.05, 0) is 25.0 Å². The third-order valence-electron chi connectivity index (χ3n) is 4.06. The van der Waals surface area contributed by atoms with Crippen molar-refractivity contribution >= 4 is 17.5 Å². The fraction of sp³-hybridized carbons (Fsp3) is 0.333. The highest BCUT2D eigenvalue weighted by molar-refractivity contribution is 5.93. The van der Waals surface area contributed by atoms with Gasteiger partial charge in [0.2, 0.25) is 11.8 Å². The van der Waals surface area contributed by atoms with E-state index in [2.05, 4.69) is 15.1 Å². The van der Waals surface area contributed by atoms with Gasteiger partial charge in [0.1, 0.15) is 5.69 Å². The fourth-order valence-corrected chi connectivity index (χ4v) is 2.76. The monoisotopic (exact) mass is 328 g/mol. The molecule has 1 saturated heterocycles. The standard InChI is InChI=1S/C15H16N6O3/c16-15-17-10(14(23)20-5-3-9(22)4-6-20)8-12-18-13(19-21(12)15)11-2-1-7-24-11/h1-2,7-9,22H,3-6H2,(H2,16,17). The van der Waals surface area contributed by atoms with Gasteiger partial charge in [-0.3, -0.25) is 4.79 Å². The molecule has 0 radical (unpaired) electrons. The van der Waals surface area contributed by atoms with Crippen molar-refractivity contribution in [3.63, 3.8) is 0 Å². The number of hydrogen-bond donors (Lipinski definition) is 2. The lowest BCUT2D eigenvalue weighted by Crippen LogP contribution is -2.40. The number of likely N-dealkylation sites (tertiary alicyclic amines) is 1. The minimum atomic E-state index is -0.345. The number of nitrogens with two attached hydrogens (primary N) is 1. The first-order chi connectivity index (χ1) is 11.6. The van der Waals surface area contributed by atoms with Crippen molar-refractivity contribution in [2.75, 3.05) is 18.8 Å². The molecule has 1 aliphatic heterocycles. The quantitative estimate of drug-likeness (QED) is 0.704. The van der Waals surface area contributed by atoms with E-state index in [0.29, 0.717) is 43.2 Å². The summed E-state index contributed by atoms with van der Waals surface area (Å²) in [5, 5.41) is 13.8. The lowest BCUT2D eigenvalue weighted by Gasteiger charge is -2.29. The molecule has 24 heavy (non-hydrogen) atoms. The van der Waals surface area contributed by atoms with Crippen LogP contribution in [0.3, 0.4) is 0 Å². The molecule has 0 aromatic carbocycles. The molecule has 0 unspecified atom stereocenters. The molecular formula is C15H16N6O3. The first-order valence-corrected chi connectivity index (χ1v) is 7.66. The van der Waals surface area contributed by atoms with Crippen molar-refractivity contribution < 1.29 is 14.3 Å². The number of furan rings is 1. The topological polar surface area (TPSA) is 123 Å². The summed E-state index contributed by atoms with van der Waals surface area (Å²) < 4.78 is 6.64. The molecule has 0 spiro atoms. The first kappa shape index (κ1) is 14.6. The summed E-state index contributed by atoms with van der Waals surface area (Å²) in [5.74, 6) is 0.743. The first-order valence-electron chi connectivity index (χ1n) is 7.66. The molecule has 9 nitrogen and oxygen atoms in total. The van der Waals surface area contributed by atoms with Gasteiger partial charge in [-0.15, -0.1) is 5.10 Å². The summed E-state index contributed by atoms with van der Waals surface area (Å²) >= 11 is 0. The Balaban J connectivity index is 1.68. The van der Waals surface area contributed by atoms with Crippen LogP contribution in [-0.4, -0.2) is 54.7 Å². The number of piperidine rings is 1. The maximum Gasteiger partial charge on any atom is 0.272 e. The Morgan fingerprint density at radius 2 is 2.12 bits per heavy atom. The number of amides is 1. The van der Waals surface area contributed by atoms with Crippen molar-refractivity contribution in [2.45, 2.75) is 18.9 Å². The molecule has 124 valence electrons. The summed E-state index contributed by atoms with van der Waals surface area (Å²) in [5.41, 5.74) is 6.56. The van der Waals surface area contributed by atoms with Crippen LogP contribution >= 0.6 is 0 Å². The zero-order valence-corrected chi connectivity index (χ0v) is 12.8. The van der Waals surface area contributed by atoms with Crippen LogP contribution in [0.15, 0.2) is 28.9 Å². The smallest absolute Gasteiger partial charge is 0.272 e. The van der Waals surface area contributed by atoms with Gasteiger partial charge < -0.3 is 20.2 Å². The molecule has 3 N–H and O–H groups in total. The van der Waals surface area contributed by atoms with Crippen LogP contribution in [0.25, 0.3) is 17.2 Å². The number of aromatic nitrogens is 4. The van der Waals surface area contributed by atoms with Gasteiger partial charge >= 0.3 is 0 Å². The Morgan fingerprint density at radius 1 is 1.33 bits per heavy atom. The summed E-state index contributed by atoms with van der Waals surface area (Å²) in [6.45, 7) is 0.994. The molecule has 3 aromatic rings. The summed E-state index contributed by atoms with van der Waals surface area (Å²) in [4.78, 5) is 22.7. The van der Waals surface area contributed by atoms with Crippen LogP contribution in [0.1, 0.15) is 23.3 Å². The number of carbonyl (C=O) groups is 1. The Bertz CT molecular complexity index is 880. The number of fused-ring (bicyclic) bond motifs is 1. The van der Waals surface area contributed by atoms with Crippen molar-refractivity contribution in [2.24, 2.45) is 0 Å². The third-order valence-corrected chi connectivity index (χ3v) is 4.06. The van der Waals surface area contributed by atoms with E-state index >= 15 is 0 Å². The number of carbonyl (C=O) groups excluding carboxylic acids is 1. The highest BCUT2D eigenvalue weighted by Gasteiger charge is 2.24. The van der Waals surface area contributed by atoms with Crippen LogP contribution in [-0.2, 0) is 0 Å². The van der Waals surface area contributed by atoms with E-state index in [9.17, 15) is 9.90 Å². The second-order valence-electron chi connectivity index (χ2n) is 5.71. The number of anilines is 1. The minimum absolute atomic E-state index is 0.0817. The Labute approximate surface area is 136 Å². The van der Waals surface area contributed by atoms with Gasteiger partial charge in [-0.25, -0.2) is 9.97 Å². The van der Waals surface area contributed by atoms with Crippen LogP contribution in [0.5, 0.6) is 0 Å². The summed E-state index contributed by atoms with van der Waals surface area (Å²) in [7, 11) is 0. The van der Waals surface area contributed by atoms with Crippen molar-refractivity contribution in [1.29, 1.82) is 0 Å². The number of hydrogen-bond acceptors (Lipinski definition) is 7. The van der Waals surface area contributed by atoms with Crippen molar-refractivity contribution in [1.82, 2.24) is 24.5 Å². The summed E-state index contributed by atoms with van der Waals surface area (Å²) in [6.07, 6.45) is 2.32. The van der Waals surface area contributed by atoms with Crippen LogP contribution < -0.4 is 5.73 Å². The number of nitrogen functional groups attached to an aromatic ring is 1. The number of aliphatic hydroxyl groups excluding tert-OH is 1. The van der Waals surface area contributed by atoms with Gasteiger partial charge in [0.25, 0.3) is 5.91 Å². The highest BCUT2D eigenvalue weighted by Crippen LogP contribution is 2.19. The van der Waals surface area contributed by atoms with Gasteiger partial charge in [-0.1, -0.05) is 0 Å². The zero-order chi connectivity index (χ0) is 16.7. The molecule has 0 bridgehead atoms. The molecule has 1 aliphatic rings. The lowest BCUT2D eigenvalue weighted by molar-refractivity contribution is 0.0541. The SMILES string of the molecule is Nc1nc(C(=O)N2CCC(O)CC2)cc2nc(-c3ccco3)nn12. The average molecular weight is 328 g/mol. The van der Waals surface area contributed by atoms with E-state index < -0.39 is 0 Å². The van der Waals surface area contributed by atoms with Crippen molar-refractivity contribution in [3.8, 4) is 11.6 Å². The van der Waals surface area contributed by atoms with Crippen LogP contribution in [0, 0.1) is 0 Å². The molecule has 0 saturated carbocycles. The number of rotatable bonds is 2. The fourth-order valence-electron chi connectivity index (χ4n) is 2.76. The van der Waals surface area contributed by atoms with Gasteiger partial charge in [0, 0.05) is 19.2 Å². The second kappa shape index (κ2) is 5.60.